The number of nitrogens with zero attached hydrogens (tertiary/aromatic N) is 2. The van der Waals surface area contributed by atoms with Crippen LogP contribution < -0.4 is 19.1 Å². The fourth-order valence-electron chi connectivity index (χ4n) is 4.47. The standard InChI is InChI=1S/C29H25ClN2O6S/c1-4-37-21-13-8-17(14-22(21)38-5-2)25-24(26(33)16-6-9-18(30)10-7-16)27(34)28(35)32(25)29-31-20-12-11-19(36-3)15-23(20)39-29/h6-15,25,33H,4-5H2,1-3H3/b26-24+. The molecule has 1 aromatic heterocycles. The lowest BCUT2D eigenvalue weighted by atomic mass is 9.95. The number of hydrogen-bond donors (Lipinski definition) is 1. The molecule has 8 nitrogen and oxygen atoms in total. The summed E-state index contributed by atoms with van der Waals surface area (Å²) in [5, 5.41) is 12.1. The van der Waals surface area contributed by atoms with Crippen molar-refractivity contribution < 1.29 is 28.9 Å². The van der Waals surface area contributed by atoms with Crippen molar-refractivity contribution in [3.8, 4) is 17.2 Å². The van der Waals surface area contributed by atoms with Crippen LogP contribution in [0.25, 0.3) is 16.0 Å². The van der Waals surface area contributed by atoms with E-state index in [2.05, 4.69) is 4.98 Å². The fraction of sp³-hybridized carbons (Fsp3) is 0.207. The zero-order chi connectivity index (χ0) is 27.7. The average Bonchev–Trinajstić information content (AvgIpc) is 3.47. The van der Waals surface area contributed by atoms with Gasteiger partial charge in [0.1, 0.15) is 11.5 Å². The quantitative estimate of drug-likeness (QED) is 0.150. The van der Waals surface area contributed by atoms with Crippen LogP contribution in [0.5, 0.6) is 17.2 Å². The van der Waals surface area contributed by atoms with Crippen LogP contribution >= 0.6 is 22.9 Å². The van der Waals surface area contributed by atoms with E-state index in [1.165, 1.54) is 16.2 Å². The molecule has 5 rings (SSSR count). The maximum atomic E-state index is 13.6. The summed E-state index contributed by atoms with van der Waals surface area (Å²) in [4.78, 5) is 33.1. The molecule has 0 saturated carbocycles. The number of halogens is 1. The topological polar surface area (TPSA) is 98.2 Å². The molecule has 4 aromatic rings. The Morgan fingerprint density at radius 2 is 1.72 bits per heavy atom. The van der Waals surface area contributed by atoms with Crippen LogP contribution in [0, 0.1) is 0 Å². The lowest BCUT2D eigenvalue weighted by molar-refractivity contribution is -0.132. The first-order chi connectivity index (χ1) is 18.9. The van der Waals surface area contributed by atoms with Crippen molar-refractivity contribution in [2.45, 2.75) is 19.9 Å². The van der Waals surface area contributed by atoms with Gasteiger partial charge in [0.2, 0.25) is 0 Å². The Morgan fingerprint density at radius 1 is 1.00 bits per heavy atom. The largest absolute Gasteiger partial charge is 0.507 e. The molecular formula is C29H25ClN2O6S. The van der Waals surface area contributed by atoms with Crippen molar-refractivity contribution in [3.63, 3.8) is 0 Å². The molecule has 0 bridgehead atoms. The minimum atomic E-state index is -0.974. The van der Waals surface area contributed by atoms with Gasteiger partial charge < -0.3 is 19.3 Å². The lowest BCUT2D eigenvalue weighted by Gasteiger charge is -2.24. The van der Waals surface area contributed by atoms with Crippen molar-refractivity contribution in [3.05, 3.63) is 82.4 Å². The number of ketones is 1. The molecule has 1 fully saturated rings. The predicted molar refractivity (Wildman–Crippen MR) is 151 cm³/mol. The summed E-state index contributed by atoms with van der Waals surface area (Å²) in [5.74, 6) is -0.295. The predicted octanol–water partition coefficient (Wildman–Crippen LogP) is 6.38. The molecular weight excluding hydrogens is 540 g/mol. The second kappa shape index (κ2) is 11.0. The van der Waals surface area contributed by atoms with E-state index in [4.69, 9.17) is 25.8 Å². The van der Waals surface area contributed by atoms with Crippen molar-refractivity contribution in [1.29, 1.82) is 0 Å². The first-order valence-electron chi connectivity index (χ1n) is 12.3. The van der Waals surface area contributed by atoms with Crippen molar-refractivity contribution in [2.75, 3.05) is 25.2 Å². The maximum Gasteiger partial charge on any atom is 0.301 e. The van der Waals surface area contributed by atoms with Crippen LogP contribution in [0.15, 0.2) is 66.2 Å². The highest BCUT2D eigenvalue weighted by Gasteiger charge is 2.48. The molecule has 1 amide bonds. The summed E-state index contributed by atoms with van der Waals surface area (Å²) in [6.45, 7) is 4.54. The van der Waals surface area contributed by atoms with Crippen molar-refractivity contribution in [1.82, 2.24) is 4.98 Å². The Bertz CT molecular complexity index is 1600. The van der Waals surface area contributed by atoms with Crippen LogP contribution in [0.3, 0.4) is 0 Å². The Balaban J connectivity index is 1.72. The number of hydrogen-bond acceptors (Lipinski definition) is 8. The van der Waals surface area contributed by atoms with Gasteiger partial charge in [-0.2, -0.15) is 0 Å². The summed E-state index contributed by atoms with van der Waals surface area (Å²) >= 11 is 7.28. The van der Waals surface area contributed by atoms with E-state index in [0.29, 0.717) is 57.3 Å². The van der Waals surface area contributed by atoms with Crippen LogP contribution in [0.1, 0.15) is 31.0 Å². The number of rotatable bonds is 8. The number of methoxy groups -OCH3 is 1. The number of carbonyl (C=O) groups is 2. The van der Waals surface area contributed by atoms with Gasteiger partial charge in [0.25, 0.3) is 5.78 Å². The van der Waals surface area contributed by atoms with Crippen LogP contribution in [-0.4, -0.2) is 42.1 Å². The number of amides is 1. The Kier molecular flexibility index (Phi) is 7.45. The number of carbonyl (C=O) groups excluding carboxylic acids is 2. The number of Topliss-reactive ketones (excluding diaryl/α,β-unsaturated/α-hetero) is 1. The zero-order valence-electron chi connectivity index (χ0n) is 21.4. The molecule has 0 spiro atoms. The normalized spacial score (nSPS) is 16.6. The maximum absolute atomic E-state index is 13.6. The van der Waals surface area contributed by atoms with Gasteiger partial charge in [0.05, 0.1) is 42.2 Å². The van der Waals surface area contributed by atoms with E-state index in [1.807, 2.05) is 19.9 Å². The third kappa shape index (κ3) is 4.91. The van der Waals surface area contributed by atoms with Gasteiger partial charge in [0, 0.05) is 10.6 Å². The van der Waals surface area contributed by atoms with E-state index in [0.717, 1.165) is 4.70 Å². The van der Waals surface area contributed by atoms with E-state index in [-0.39, 0.29) is 11.3 Å². The Hall–Kier alpha value is -4.08. The smallest absolute Gasteiger partial charge is 0.301 e. The summed E-state index contributed by atoms with van der Waals surface area (Å²) in [5.41, 5.74) is 1.49. The monoisotopic (exact) mass is 564 g/mol. The first-order valence-corrected chi connectivity index (χ1v) is 13.5. The molecule has 1 N–H and O–H groups in total. The third-order valence-corrected chi connectivity index (χ3v) is 7.51. The van der Waals surface area contributed by atoms with E-state index in [9.17, 15) is 14.7 Å². The summed E-state index contributed by atoms with van der Waals surface area (Å²) in [7, 11) is 1.57. The van der Waals surface area contributed by atoms with Crippen molar-refractivity contribution >= 4 is 55.7 Å². The van der Waals surface area contributed by atoms with Crippen LogP contribution in [-0.2, 0) is 9.59 Å². The SMILES string of the molecule is CCOc1ccc(C2/C(=C(\O)c3ccc(Cl)cc3)C(=O)C(=O)N2c2nc3ccc(OC)cc3s2)cc1OCC. The molecule has 3 aromatic carbocycles. The van der Waals surface area contributed by atoms with Crippen molar-refractivity contribution in [2.24, 2.45) is 0 Å². The number of aliphatic hydroxyl groups excluding tert-OH is 1. The molecule has 1 atom stereocenters. The highest BCUT2D eigenvalue weighted by molar-refractivity contribution is 7.22. The van der Waals surface area contributed by atoms with Gasteiger partial charge >= 0.3 is 5.91 Å². The number of anilines is 1. The van der Waals surface area contributed by atoms with Gasteiger partial charge in [-0.05, 0) is 74.0 Å². The molecule has 2 heterocycles. The van der Waals surface area contributed by atoms with E-state index < -0.39 is 17.7 Å². The average molecular weight is 565 g/mol. The molecule has 1 saturated heterocycles. The number of benzene rings is 3. The summed E-state index contributed by atoms with van der Waals surface area (Å²) < 4.78 is 17.6. The van der Waals surface area contributed by atoms with Gasteiger partial charge in [-0.3, -0.25) is 14.5 Å². The molecule has 10 heteroatoms. The third-order valence-electron chi connectivity index (χ3n) is 6.24. The van der Waals surface area contributed by atoms with Crippen LogP contribution in [0.2, 0.25) is 5.02 Å². The number of aliphatic hydroxyl groups is 1. The molecule has 200 valence electrons. The molecule has 1 aliphatic rings. The first kappa shape index (κ1) is 26.5. The van der Waals surface area contributed by atoms with Crippen LogP contribution in [0.4, 0.5) is 5.13 Å². The highest BCUT2D eigenvalue weighted by atomic mass is 35.5. The Morgan fingerprint density at radius 3 is 2.41 bits per heavy atom. The second-order valence-corrected chi connectivity index (χ2v) is 10.0. The molecule has 39 heavy (non-hydrogen) atoms. The number of thiazole rings is 1. The second-order valence-electron chi connectivity index (χ2n) is 8.58. The molecule has 0 radical (unpaired) electrons. The summed E-state index contributed by atoms with van der Waals surface area (Å²) in [6, 6.07) is 16.0. The minimum absolute atomic E-state index is 0.0641. The van der Waals surface area contributed by atoms with Gasteiger partial charge in [-0.1, -0.05) is 29.0 Å². The molecule has 1 unspecified atom stereocenters. The number of ether oxygens (including phenoxy) is 3. The molecule has 1 aliphatic heterocycles. The van der Waals surface area contributed by atoms with Gasteiger partial charge in [-0.15, -0.1) is 0 Å². The zero-order valence-corrected chi connectivity index (χ0v) is 23.0. The summed E-state index contributed by atoms with van der Waals surface area (Å²) in [6.07, 6.45) is 0. The fourth-order valence-corrected chi connectivity index (χ4v) is 5.62. The highest BCUT2D eigenvalue weighted by Crippen LogP contribution is 2.46. The van der Waals surface area contributed by atoms with E-state index >= 15 is 0 Å². The number of aromatic nitrogens is 1. The molecule has 0 aliphatic carbocycles. The lowest BCUT2D eigenvalue weighted by Crippen LogP contribution is -2.29. The van der Waals surface area contributed by atoms with E-state index in [1.54, 1.807) is 61.7 Å². The van der Waals surface area contributed by atoms with Gasteiger partial charge in [-0.25, -0.2) is 4.98 Å². The number of fused-ring (bicyclic) bond motifs is 1. The Labute approximate surface area is 234 Å². The minimum Gasteiger partial charge on any atom is -0.507 e. The van der Waals surface area contributed by atoms with Gasteiger partial charge in [0.15, 0.2) is 16.6 Å².